The largest absolute Gasteiger partial charge is 0.361 e. The van der Waals surface area contributed by atoms with Gasteiger partial charge in [0.15, 0.2) is 0 Å². The third-order valence-electron chi connectivity index (χ3n) is 4.70. The summed E-state index contributed by atoms with van der Waals surface area (Å²) in [5.74, 6) is -0.677. The molecule has 7 heteroatoms. The third kappa shape index (κ3) is 3.79. The third-order valence-corrected chi connectivity index (χ3v) is 4.70. The second kappa shape index (κ2) is 8.24. The lowest BCUT2D eigenvalue weighted by molar-refractivity contribution is 0.0952. The van der Waals surface area contributed by atoms with Crippen LogP contribution in [0.15, 0.2) is 65.5 Å². The maximum absolute atomic E-state index is 12.5. The van der Waals surface area contributed by atoms with Crippen molar-refractivity contribution in [3.8, 4) is 12.1 Å². The van der Waals surface area contributed by atoms with Crippen LogP contribution < -0.4 is 10.6 Å². The molecule has 28 heavy (non-hydrogen) atoms. The molecule has 0 atom stereocenters. The van der Waals surface area contributed by atoms with Crippen molar-refractivity contribution in [2.24, 2.45) is 0 Å². The molecule has 0 unspecified atom stereocenters. The summed E-state index contributed by atoms with van der Waals surface area (Å²) in [6.07, 6.45) is 5.22. The van der Waals surface area contributed by atoms with Gasteiger partial charge in [-0.1, -0.05) is 12.1 Å². The summed E-state index contributed by atoms with van der Waals surface area (Å²) in [4.78, 5) is 16.5. The van der Waals surface area contributed by atoms with E-state index in [-0.39, 0.29) is 5.91 Å². The van der Waals surface area contributed by atoms with E-state index in [1.165, 1.54) is 0 Å². The zero-order chi connectivity index (χ0) is 20.1. The van der Waals surface area contributed by atoms with Gasteiger partial charge < -0.3 is 15.2 Å². The number of aromatic nitrogens is 2. The summed E-state index contributed by atoms with van der Waals surface area (Å²) in [6.45, 7) is 4.73. The summed E-state index contributed by atoms with van der Waals surface area (Å²) in [7, 11) is 0. The second-order valence-corrected chi connectivity index (χ2v) is 6.54. The number of nitrogens with zero attached hydrogens (tertiary/aromatic N) is 4. The van der Waals surface area contributed by atoms with Crippen molar-refractivity contribution >= 4 is 5.91 Å². The number of rotatable bonds is 5. The van der Waals surface area contributed by atoms with Crippen molar-refractivity contribution in [2.45, 2.75) is 26.3 Å². The van der Waals surface area contributed by atoms with Crippen molar-refractivity contribution in [1.82, 2.24) is 20.2 Å². The molecule has 7 nitrogen and oxygen atoms in total. The Morgan fingerprint density at radius 2 is 1.96 bits per heavy atom. The van der Waals surface area contributed by atoms with E-state index < -0.39 is 5.92 Å². The summed E-state index contributed by atoms with van der Waals surface area (Å²) in [5.41, 5.74) is 3.65. The molecule has 0 saturated carbocycles. The molecular weight excluding hydrogens is 352 g/mol. The predicted octanol–water partition coefficient (Wildman–Crippen LogP) is 2.60. The van der Waals surface area contributed by atoms with Crippen LogP contribution in [0, 0.1) is 22.7 Å². The van der Waals surface area contributed by atoms with E-state index in [4.69, 9.17) is 0 Å². The van der Waals surface area contributed by atoms with Gasteiger partial charge in [0, 0.05) is 42.4 Å². The summed E-state index contributed by atoms with van der Waals surface area (Å²) in [6, 6.07) is 11.5. The minimum absolute atomic E-state index is 0.200. The molecule has 1 aromatic heterocycles. The number of dihydropyridines is 1. The number of imidazole rings is 1. The van der Waals surface area contributed by atoms with Crippen LogP contribution in [0.25, 0.3) is 0 Å². The Balaban J connectivity index is 1.83. The molecule has 2 heterocycles. The van der Waals surface area contributed by atoms with E-state index in [1.54, 1.807) is 30.7 Å². The Hall–Kier alpha value is -3.84. The Morgan fingerprint density at radius 1 is 1.25 bits per heavy atom. The number of carbonyl (C=O) groups excluding carboxylic acids is 1. The minimum atomic E-state index is -0.477. The second-order valence-electron chi connectivity index (χ2n) is 6.54. The van der Waals surface area contributed by atoms with Crippen molar-refractivity contribution in [3.05, 3.63) is 76.7 Å². The van der Waals surface area contributed by atoms with Gasteiger partial charge in [0.1, 0.15) is 0 Å². The van der Waals surface area contributed by atoms with Gasteiger partial charge in [0.2, 0.25) is 0 Å². The van der Waals surface area contributed by atoms with Crippen LogP contribution in [0.2, 0.25) is 0 Å². The summed E-state index contributed by atoms with van der Waals surface area (Å²) < 4.78 is 1.88. The van der Waals surface area contributed by atoms with Crippen LogP contribution in [-0.2, 0) is 6.54 Å². The number of carbonyl (C=O) groups is 1. The van der Waals surface area contributed by atoms with Gasteiger partial charge in [-0.2, -0.15) is 10.5 Å². The van der Waals surface area contributed by atoms with Gasteiger partial charge in [-0.15, -0.1) is 0 Å². The van der Waals surface area contributed by atoms with Gasteiger partial charge in [-0.05, 0) is 31.5 Å². The maximum Gasteiger partial charge on any atom is 0.251 e. The first-order valence-corrected chi connectivity index (χ1v) is 8.87. The number of nitriles is 2. The first-order valence-electron chi connectivity index (χ1n) is 8.87. The number of benzene rings is 1. The maximum atomic E-state index is 12.5. The van der Waals surface area contributed by atoms with Crippen LogP contribution in [-0.4, -0.2) is 22.0 Å². The zero-order valence-electron chi connectivity index (χ0n) is 15.7. The molecule has 0 aliphatic carbocycles. The van der Waals surface area contributed by atoms with Gasteiger partial charge in [-0.3, -0.25) is 4.79 Å². The SMILES string of the molecule is CC1=C(C#N)C(c2cccc(C(=O)NCCn3ccnc3)c2)C(C#N)=C(C)N1. The summed E-state index contributed by atoms with van der Waals surface area (Å²) >= 11 is 0. The molecule has 0 bridgehead atoms. The molecule has 2 N–H and O–H groups in total. The molecule has 0 spiro atoms. The first kappa shape index (κ1) is 18.9. The topological polar surface area (TPSA) is 107 Å². The molecule has 2 aromatic rings. The summed E-state index contributed by atoms with van der Waals surface area (Å²) in [5, 5.41) is 25.2. The molecule has 0 saturated heterocycles. The fourth-order valence-corrected chi connectivity index (χ4v) is 3.30. The molecule has 1 aliphatic heterocycles. The van der Waals surface area contributed by atoms with Crippen LogP contribution in [0.1, 0.15) is 35.7 Å². The van der Waals surface area contributed by atoms with E-state index in [2.05, 4.69) is 27.8 Å². The van der Waals surface area contributed by atoms with E-state index in [9.17, 15) is 15.3 Å². The molecule has 140 valence electrons. The van der Waals surface area contributed by atoms with Gasteiger partial charge in [0.05, 0.1) is 35.5 Å². The Bertz CT molecular complexity index is 998. The minimum Gasteiger partial charge on any atom is -0.361 e. The molecule has 0 fully saturated rings. The number of allylic oxidation sites excluding steroid dienone is 4. The molecular formula is C21H20N6O. The highest BCUT2D eigenvalue weighted by molar-refractivity contribution is 5.94. The van der Waals surface area contributed by atoms with E-state index >= 15 is 0 Å². The van der Waals surface area contributed by atoms with Crippen LogP contribution in [0.5, 0.6) is 0 Å². The van der Waals surface area contributed by atoms with Crippen molar-refractivity contribution in [3.63, 3.8) is 0 Å². The smallest absolute Gasteiger partial charge is 0.251 e. The van der Waals surface area contributed by atoms with Crippen LogP contribution in [0.4, 0.5) is 0 Å². The lowest BCUT2D eigenvalue weighted by Crippen LogP contribution is -2.27. The van der Waals surface area contributed by atoms with Crippen molar-refractivity contribution in [1.29, 1.82) is 10.5 Å². The molecule has 1 amide bonds. The van der Waals surface area contributed by atoms with E-state index in [0.29, 0.717) is 29.8 Å². The van der Waals surface area contributed by atoms with Gasteiger partial charge in [0.25, 0.3) is 5.91 Å². The highest BCUT2D eigenvalue weighted by Gasteiger charge is 2.29. The van der Waals surface area contributed by atoms with Crippen LogP contribution >= 0.6 is 0 Å². The number of hydrogen-bond acceptors (Lipinski definition) is 5. The highest BCUT2D eigenvalue weighted by atomic mass is 16.1. The van der Waals surface area contributed by atoms with Gasteiger partial charge in [-0.25, -0.2) is 4.98 Å². The first-order chi connectivity index (χ1) is 13.5. The number of nitrogens with one attached hydrogen (secondary N) is 2. The average molecular weight is 372 g/mol. The average Bonchev–Trinajstić information content (AvgIpc) is 3.21. The Labute approximate surface area is 163 Å². The normalized spacial score (nSPS) is 14.3. The lowest BCUT2D eigenvalue weighted by atomic mass is 9.81. The highest BCUT2D eigenvalue weighted by Crippen LogP contribution is 2.37. The molecule has 1 aliphatic rings. The van der Waals surface area contributed by atoms with Crippen molar-refractivity contribution in [2.75, 3.05) is 6.54 Å². The standard InChI is InChI=1S/C21H20N6O/c1-14-18(11-22)20(19(12-23)15(2)26-14)16-4-3-5-17(10-16)21(28)25-7-9-27-8-6-24-13-27/h3-6,8,10,13,20,26H,7,9H2,1-2H3,(H,25,28). The zero-order valence-corrected chi connectivity index (χ0v) is 15.7. The fourth-order valence-electron chi connectivity index (χ4n) is 3.30. The molecule has 3 rings (SSSR count). The predicted molar refractivity (Wildman–Crippen MR) is 104 cm³/mol. The number of amides is 1. The van der Waals surface area contributed by atoms with Gasteiger partial charge >= 0.3 is 0 Å². The van der Waals surface area contributed by atoms with E-state index in [0.717, 1.165) is 17.0 Å². The quantitative estimate of drug-likeness (QED) is 0.839. The lowest BCUT2D eigenvalue weighted by Gasteiger charge is -2.26. The Morgan fingerprint density at radius 3 is 2.57 bits per heavy atom. The van der Waals surface area contributed by atoms with E-state index in [1.807, 2.05) is 30.7 Å². The monoisotopic (exact) mass is 372 g/mol. The molecule has 1 aromatic carbocycles. The van der Waals surface area contributed by atoms with Crippen molar-refractivity contribution < 1.29 is 4.79 Å². The fraction of sp³-hybridized carbons (Fsp3) is 0.238. The molecule has 0 radical (unpaired) electrons. The van der Waals surface area contributed by atoms with Crippen LogP contribution in [0.3, 0.4) is 0 Å². The Kier molecular flexibility index (Phi) is 5.57. The number of hydrogen-bond donors (Lipinski definition) is 2.